The van der Waals surface area contributed by atoms with Gasteiger partial charge in [-0.05, 0) is 37.9 Å². The van der Waals surface area contributed by atoms with Gasteiger partial charge in [-0.25, -0.2) is 9.97 Å². The van der Waals surface area contributed by atoms with Crippen LogP contribution < -0.4 is 16.4 Å². The molecule has 0 spiro atoms. The van der Waals surface area contributed by atoms with E-state index >= 15 is 0 Å². The number of likely N-dealkylation sites (tertiary alicyclic amines) is 1. The molecule has 1 saturated heterocycles. The van der Waals surface area contributed by atoms with Gasteiger partial charge in [-0.15, -0.1) is 11.3 Å². The SMILES string of the molecule is NC(=O)[C@@H]1CCCN(CCNc2ncnc3sc4c(c23)CCNC4)C1. The third-order valence-electron chi connectivity index (χ3n) is 5.14. The second-order valence-corrected chi connectivity index (χ2v) is 7.89. The van der Waals surface area contributed by atoms with Gasteiger partial charge < -0.3 is 21.3 Å². The lowest BCUT2D eigenvalue weighted by atomic mass is 9.97. The van der Waals surface area contributed by atoms with E-state index in [0.717, 1.165) is 69.2 Å². The summed E-state index contributed by atoms with van der Waals surface area (Å²) in [6, 6.07) is 0. The van der Waals surface area contributed by atoms with Crippen LogP contribution in [-0.4, -0.2) is 53.5 Å². The third-order valence-corrected chi connectivity index (χ3v) is 6.28. The Kier molecular flexibility index (Phi) is 4.82. The Morgan fingerprint density at radius 2 is 2.40 bits per heavy atom. The summed E-state index contributed by atoms with van der Waals surface area (Å²) in [5.74, 6) is 0.762. The number of hydrogen-bond acceptors (Lipinski definition) is 7. The van der Waals surface area contributed by atoms with Crippen LogP contribution in [-0.2, 0) is 17.8 Å². The summed E-state index contributed by atoms with van der Waals surface area (Å²) in [5.41, 5.74) is 6.86. The number of nitrogens with zero attached hydrogens (tertiary/aromatic N) is 3. The Bertz CT molecular complexity index is 776. The highest BCUT2D eigenvalue weighted by atomic mass is 32.1. The molecule has 1 fully saturated rings. The third kappa shape index (κ3) is 3.47. The fraction of sp³-hybridized carbons (Fsp3) is 0.588. The standard InChI is InChI=1S/C17H24N6OS/c18-15(24)11-2-1-6-23(9-11)7-5-20-16-14-12-3-4-19-8-13(12)25-17(14)22-10-21-16/h10-11,19H,1-9H2,(H2,18,24)(H,20,21,22)/t11-/m1/s1. The molecule has 0 aromatic carbocycles. The van der Waals surface area contributed by atoms with Crippen LogP contribution >= 0.6 is 11.3 Å². The maximum absolute atomic E-state index is 11.4. The van der Waals surface area contributed by atoms with Crippen molar-refractivity contribution in [3.05, 3.63) is 16.8 Å². The van der Waals surface area contributed by atoms with Gasteiger partial charge in [0.15, 0.2) is 0 Å². The number of thiophene rings is 1. The van der Waals surface area contributed by atoms with Gasteiger partial charge >= 0.3 is 0 Å². The van der Waals surface area contributed by atoms with Gasteiger partial charge in [0.05, 0.1) is 11.3 Å². The molecule has 2 aliphatic heterocycles. The summed E-state index contributed by atoms with van der Waals surface area (Å²) in [5, 5.41) is 8.10. The number of anilines is 1. The maximum Gasteiger partial charge on any atom is 0.221 e. The highest BCUT2D eigenvalue weighted by Crippen LogP contribution is 2.35. The van der Waals surface area contributed by atoms with E-state index in [1.165, 1.54) is 15.8 Å². The van der Waals surface area contributed by atoms with Gasteiger partial charge in [-0.1, -0.05) is 0 Å². The summed E-state index contributed by atoms with van der Waals surface area (Å²) in [4.78, 5) is 25.1. The molecule has 7 nitrogen and oxygen atoms in total. The Morgan fingerprint density at radius 3 is 3.28 bits per heavy atom. The Labute approximate surface area is 151 Å². The summed E-state index contributed by atoms with van der Waals surface area (Å²) >= 11 is 1.76. The number of carbonyl (C=O) groups is 1. The first-order valence-electron chi connectivity index (χ1n) is 8.94. The van der Waals surface area contributed by atoms with E-state index in [0.29, 0.717) is 0 Å². The van der Waals surface area contributed by atoms with E-state index in [1.54, 1.807) is 17.7 Å². The minimum absolute atomic E-state index is 0.00380. The van der Waals surface area contributed by atoms with E-state index in [9.17, 15) is 4.79 Å². The van der Waals surface area contributed by atoms with E-state index in [2.05, 4.69) is 25.5 Å². The van der Waals surface area contributed by atoms with Crippen molar-refractivity contribution in [3.63, 3.8) is 0 Å². The van der Waals surface area contributed by atoms with Crippen LogP contribution in [0.2, 0.25) is 0 Å². The topological polar surface area (TPSA) is 96.2 Å². The zero-order valence-corrected chi connectivity index (χ0v) is 15.1. The van der Waals surface area contributed by atoms with Crippen molar-refractivity contribution in [2.75, 3.05) is 38.0 Å². The molecule has 2 aromatic rings. The fourth-order valence-corrected chi connectivity index (χ4v) is 4.97. The number of piperidine rings is 1. The van der Waals surface area contributed by atoms with Crippen LogP contribution in [0.5, 0.6) is 0 Å². The van der Waals surface area contributed by atoms with Crippen molar-refractivity contribution in [2.45, 2.75) is 25.8 Å². The number of aromatic nitrogens is 2. The molecule has 4 heterocycles. The number of nitrogens with two attached hydrogens (primary N) is 1. The molecule has 2 aromatic heterocycles. The average Bonchev–Trinajstić information content (AvgIpc) is 3.01. The van der Waals surface area contributed by atoms with Crippen LogP contribution in [0.3, 0.4) is 0 Å². The number of primary amides is 1. The molecule has 1 atom stereocenters. The van der Waals surface area contributed by atoms with Gasteiger partial charge in [0.25, 0.3) is 0 Å². The number of carbonyl (C=O) groups excluding carboxylic acids is 1. The minimum atomic E-state index is -0.173. The summed E-state index contributed by atoms with van der Waals surface area (Å²) < 4.78 is 0. The molecule has 0 saturated carbocycles. The smallest absolute Gasteiger partial charge is 0.221 e. The molecule has 4 rings (SSSR count). The Morgan fingerprint density at radius 1 is 1.48 bits per heavy atom. The second kappa shape index (κ2) is 7.23. The quantitative estimate of drug-likeness (QED) is 0.735. The van der Waals surface area contributed by atoms with E-state index in [1.807, 2.05) is 0 Å². The normalized spacial score (nSPS) is 21.2. The van der Waals surface area contributed by atoms with Gasteiger partial charge in [-0.3, -0.25) is 4.79 Å². The molecule has 25 heavy (non-hydrogen) atoms. The lowest BCUT2D eigenvalue weighted by molar-refractivity contribution is -0.123. The van der Waals surface area contributed by atoms with E-state index < -0.39 is 0 Å². The lowest BCUT2D eigenvalue weighted by Gasteiger charge is -2.31. The molecule has 134 valence electrons. The van der Waals surface area contributed by atoms with Crippen molar-refractivity contribution < 1.29 is 4.79 Å². The number of hydrogen-bond donors (Lipinski definition) is 3. The number of rotatable bonds is 5. The Hall–Kier alpha value is -1.77. The van der Waals surface area contributed by atoms with Crippen molar-refractivity contribution in [2.24, 2.45) is 11.7 Å². The summed E-state index contributed by atoms with van der Waals surface area (Å²) in [6.07, 6.45) is 4.63. The molecule has 0 aliphatic carbocycles. The van der Waals surface area contributed by atoms with Gasteiger partial charge in [0, 0.05) is 31.1 Å². The van der Waals surface area contributed by atoms with Crippen LogP contribution in [0.1, 0.15) is 23.3 Å². The van der Waals surface area contributed by atoms with Crippen molar-refractivity contribution in [1.29, 1.82) is 0 Å². The van der Waals surface area contributed by atoms with Crippen LogP contribution in [0.15, 0.2) is 6.33 Å². The first-order chi connectivity index (χ1) is 12.2. The molecule has 8 heteroatoms. The fourth-order valence-electron chi connectivity index (χ4n) is 3.82. The number of amides is 1. The molecule has 1 amide bonds. The zero-order chi connectivity index (χ0) is 17.2. The molecule has 0 bridgehead atoms. The van der Waals surface area contributed by atoms with Crippen LogP contribution in [0, 0.1) is 5.92 Å². The molecule has 0 radical (unpaired) electrons. The first-order valence-corrected chi connectivity index (χ1v) is 9.75. The largest absolute Gasteiger partial charge is 0.369 e. The molecule has 2 aliphatic rings. The molecule has 4 N–H and O–H groups in total. The first kappa shape index (κ1) is 16.7. The number of nitrogens with one attached hydrogen (secondary N) is 2. The molecule has 0 unspecified atom stereocenters. The summed E-state index contributed by atoms with van der Waals surface area (Å²) in [7, 11) is 0. The highest BCUT2D eigenvalue weighted by molar-refractivity contribution is 7.18. The lowest BCUT2D eigenvalue weighted by Crippen LogP contribution is -2.42. The number of fused-ring (bicyclic) bond motifs is 3. The zero-order valence-electron chi connectivity index (χ0n) is 14.3. The molecular formula is C17H24N6OS. The molecular weight excluding hydrogens is 336 g/mol. The maximum atomic E-state index is 11.4. The van der Waals surface area contributed by atoms with Gasteiger partial charge in [-0.2, -0.15) is 0 Å². The van der Waals surface area contributed by atoms with E-state index in [4.69, 9.17) is 5.73 Å². The van der Waals surface area contributed by atoms with Crippen molar-refractivity contribution >= 4 is 33.3 Å². The van der Waals surface area contributed by atoms with Crippen molar-refractivity contribution in [1.82, 2.24) is 20.2 Å². The van der Waals surface area contributed by atoms with Crippen LogP contribution in [0.25, 0.3) is 10.2 Å². The Balaban J connectivity index is 1.43. The summed E-state index contributed by atoms with van der Waals surface area (Å²) in [6.45, 7) is 5.44. The predicted octanol–water partition coefficient (Wildman–Crippen LogP) is 0.946. The minimum Gasteiger partial charge on any atom is -0.369 e. The average molecular weight is 360 g/mol. The second-order valence-electron chi connectivity index (χ2n) is 6.80. The van der Waals surface area contributed by atoms with Crippen LogP contribution in [0.4, 0.5) is 5.82 Å². The van der Waals surface area contributed by atoms with Crippen molar-refractivity contribution in [3.8, 4) is 0 Å². The van der Waals surface area contributed by atoms with E-state index in [-0.39, 0.29) is 11.8 Å². The van der Waals surface area contributed by atoms with Gasteiger partial charge in [0.1, 0.15) is 17.0 Å². The monoisotopic (exact) mass is 360 g/mol. The van der Waals surface area contributed by atoms with Gasteiger partial charge in [0.2, 0.25) is 5.91 Å². The predicted molar refractivity (Wildman–Crippen MR) is 99.7 cm³/mol. The highest BCUT2D eigenvalue weighted by Gasteiger charge is 2.24.